The van der Waals surface area contributed by atoms with E-state index in [1.165, 1.54) is 6.20 Å². The van der Waals surface area contributed by atoms with Gasteiger partial charge in [0.15, 0.2) is 11.5 Å². The van der Waals surface area contributed by atoms with E-state index in [0.717, 1.165) is 24.3 Å². The maximum Gasteiger partial charge on any atom is 0.320 e. The molecule has 6 N–H and O–H groups in total. The summed E-state index contributed by atoms with van der Waals surface area (Å²) in [6, 6.07) is 10.6. The van der Waals surface area contributed by atoms with Gasteiger partial charge in [-0.3, -0.25) is 39.0 Å². The molecule has 0 spiro atoms. The van der Waals surface area contributed by atoms with E-state index >= 15 is 0 Å². The lowest BCUT2D eigenvalue weighted by Gasteiger charge is -2.37. The van der Waals surface area contributed by atoms with E-state index in [1.54, 1.807) is 54.4 Å². The van der Waals surface area contributed by atoms with Crippen LogP contribution in [-0.2, 0) is 9.59 Å². The highest BCUT2D eigenvalue weighted by Gasteiger charge is 2.45. The molecule has 0 radical (unpaired) electrons. The highest BCUT2D eigenvalue weighted by Crippen LogP contribution is 2.32. The smallest absolute Gasteiger partial charge is 0.320 e. The van der Waals surface area contributed by atoms with E-state index in [1.807, 2.05) is 4.90 Å². The van der Waals surface area contributed by atoms with Crippen molar-refractivity contribution in [3.63, 3.8) is 0 Å². The Kier molecular flexibility index (Phi) is 10.8. The Morgan fingerprint density at radius 3 is 2.46 bits per heavy atom. The molecular formula is C38H43N11O7. The van der Waals surface area contributed by atoms with Gasteiger partial charge in [-0.05, 0) is 68.5 Å². The zero-order chi connectivity index (χ0) is 39.5. The number of anilines is 4. The van der Waals surface area contributed by atoms with Gasteiger partial charge in [-0.15, -0.1) is 0 Å². The number of rotatable bonds is 13. The van der Waals surface area contributed by atoms with Crippen LogP contribution in [0.5, 0.6) is 0 Å². The van der Waals surface area contributed by atoms with Crippen LogP contribution < -0.4 is 31.9 Å². The zero-order valence-corrected chi connectivity index (χ0v) is 30.9. The number of aromatic nitrogens is 2. The number of primary amides is 1. The quantitative estimate of drug-likeness (QED) is 0.124. The van der Waals surface area contributed by atoms with E-state index in [2.05, 4.69) is 31.2 Å². The number of hydrogen-bond acceptors (Lipinski definition) is 12. The minimum Gasteiger partial charge on any atom is -0.384 e. The number of carbonyl (C=O) groups is 7. The van der Waals surface area contributed by atoms with E-state index in [0.29, 0.717) is 68.3 Å². The largest absolute Gasteiger partial charge is 0.384 e. The third kappa shape index (κ3) is 7.67. The van der Waals surface area contributed by atoms with Crippen molar-refractivity contribution in [2.45, 2.75) is 50.6 Å². The van der Waals surface area contributed by atoms with E-state index in [4.69, 9.17) is 10.7 Å². The number of fused-ring (bicyclic) bond motifs is 1. The van der Waals surface area contributed by atoms with Gasteiger partial charge >= 0.3 is 6.03 Å². The van der Waals surface area contributed by atoms with E-state index in [-0.39, 0.29) is 53.5 Å². The summed E-state index contributed by atoms with van der Waals surface area (Å²) in [5, 5.41) is 11.4. The first-order valence-electron chi connectivity index (χ1n) is 18.7. The predicted molar refractivity (Wildman–Crippen MR) is 203 cm³/mol. The molecule has 292 valence electrons. The van der Waals surface area contributed by atoms with Gasteiger partial charge in [0.2, 0.25) is 11.8 Å². The van der Waals surface area contributed by atoms with Crippen LogP contribution in [0.2, 0.25) is 0 Å². The lowest BCUT2D eigenvalue weighted by Crippen LogP contribution is -2.54. The molecule has 56 heavy (non-hydrogen) atoms. The molecule has 7 rings (SSSR count). The first-order valence-corrected chi connectivity index (χ1v) is 18.7. The number of urea groups is 1. The molecule has 1 unspecified atom stereocenters. The van der Waals surface area contributed by atoms with Gasteiger partial charge in [0.1, 0.15) is 11.9 Å². The fourth-order valence-electron chi connectivity index (χ4n) is 7.50. The van der Waals surface area contributed by atoms with Crippen LogP contribution in [0.3, 0.4) is 0 Å². The topological polar surface area (TPSA) is 232 Å². The average molecular weight is 766 g/mol. The molecular weight excluding hydrogens is 722 g/mol. The number of nitrogens with two attached hydrogens (primary N) is 1. The number of hydrogen-bond donors (Lipinski definition) is 5. The van der Waals surface area contributed by atoms with Gasteiger partial charge in [-0.1, -0.05) is 6.07 Å². The number of carbonyl (C=O) groups excluding carboxylic acids is 7. The predicted octanol–water partition coefficient (Wildman–Crippen LogP) is 1.68. The standard InChI is InChI=1S/C38H43N11O7/c1-46-18-19-48(38(46)56)24-6-5-17-47(21-24)28-20-42-31(32(39)51)33(44-28)43-23-11-9-22(10-12-23)34(52)41-16-3-2-15-40-26-8-4-7-25-30(26)37(55)49(36(25)54)27-13-14-29(50)45-35(27)53/h4,7-12,20,24,27,40H,2-3,5-6,13-19,21H2,1H3,(H2,39,51)(H,41,52)(H,43,44)(H,45,50,53)/t24-,27?/m1/s1. The van der Waals surface area contributed by atoms with E-state index in [9.17, 15) is 33.6 Å². The lowest BCUT2D eigenvalue weighted by atomic mass is 10.0. The Bertz CT molecular complexity index is 2090. The minimum atomic E-state index is -1.04. The number of imide groups is 2. The SMILES string of the molecule is CN1CCN([C@@H]2CCCN(c3cnc(C(N)=O)c(Nc4ccc(C(=O)NCCCCNc5cccc6c5C(=O)N(C5CCC(=O)NC5=O)C6=O)cc4)n3)C2)C1=O. The fourth-order valence-corrected chi connectivity index (χ4v) is 7.50. The summed E-state index contributed by atoms with van der Waals surface area (Å²) in [7, 11) is 1.80. The van der Waals surface area contributed by atoms with Gasteiger partial charge in [0, 0.05) is 69.7 Å². The highest BCUT2D eigenvalue weighted by molar-refractivity contribution is 6.25. The van der Waals surface area contributed by atoms with Crippen molar-refractivity contribution in [2.24, 2.45) is 5.73 Å². The number of amides is 8. The van der Waals surface area contributed by atoms with Crippen molar-refractivity contribution in [3.8, 4) is 0 Å². The van der Waals surface area contributed by atoms with Gasteiger partial charge in [0.05, 0.1) is 23.4 Å². The summed E-state index contributed by atoms with van der Waals surface area (Å²) in [6.07, 6.45) is 4.67. The zero-order valence-electron chi connectivity index (χ0n) is 30.9. The third-order valence-corrected chi connectivity index (χ3v) is 10.5. The molecule has 0 aliphatic carbocycles. The first-order chi connectivity index (χ1) is 27.0. The molecule has 18 heteroatoms. The molecule has 18 nitrogen and oxygen atoms in total. The van der Waals surface area contributed by atoms with Crippen LogP contribution in [0, 0.1) is 0 Å². The monoisotopic (exact) mass is 765 g/mol. The molecule has 5 heterocycles. The second-order valence-corrected chi connectivity index (χ2v) is 14.2. The van der Waals surface area contributed by atoms with Crippen molar-refractivity contribution in [1.82, 2.24) is 35.3 Å². The van der Waals surface area contributed by atoms with Gasteiger partial charge in [0.25, 0.3) is 23.6 Å². The molecule has 2 atom stereocenters. The Morgan fingerprint density at radius 1 is 0.946 bits per heavy atom. The molecule has 3 aromatic rings. The maximum atomic E-state index is 13.3. The first kappa shape index (κ1) is 37.7. The molecule has 1 aromatic heterocycles. The summed E-state index contributed by atoms with van der Waals surface area (Å²) < 4.78 is 0. The number of benzene rings is 2. The minimum absolute atomic E-state index is 0.0225. The second-order valence-electron chi connectivity index (χ2n) is 14.2. The lowest BCUT2D eigenvalue weighted by molar-refractivity contribution is -0.136. The summed E-state index contributed by atoms with van der Waals surface area (Å²) in [4.78, 5) is 104. The summed E-state index contributed by atoms with van der Waals surface area (Å²) >= 11 is 0. The van der Waals surface area contributed by atoms with Crippen LogP contribution >= 0.6 is 0 Å². The van der Waals surface area contributed by atoms with Crippen LogP contribution in [0.4, 0.5) is 27.8 Å². The van der Waals surface area contributed by atoms with Crippen molar-refractivity contribution >= 4 is 64.5 Å². The second kappa shape index (κ2) is 16.0. The fraction of sp³-hybridized carbons (Fsp3) is 0.395. The molecule has 4 aliphatic heterocycles. The normalized spacial score (nSPS) is 19.6. The molecule has 2 aromatic carbocycles. The maximum absolute atomic E-state index is 13.3. The van der Waals surface area contributed by atoms with Gasteiger partial charge in [-0.2, -0.15) is 0 Å². The van der Waals surface area contributed by atoms with E-state index < -0.39 is 35.6 Å². The molecule has 0 saturated carbocycles. The average Bonchev–Trinajstić information content (AvgIpc) is 3.66. The van der Waals surface area contributed by atoms with Gasteiger partial charge in [-0.25, -0.2) is 14.8 Å². The Hall–Kier alpha value is -6.59. The van der Waals surface area contributed by atoms with Crippen molar-refractivity contribution in [1.29, 1.82) is 0 Å². The highest BCUT2D eigenvalue weighted by atomic mass is 16.2. The van der Waals surface area contributed by atoms with Crippen LogP contribution in [0.1, 0.15) is 80.1 Å². The number of nitrogens with one attached hydrogen (secondary N) is 4. The Labute approximate surface area is 322 Å². The third-order valence-electron chi connectivity index (χ3n) is 10.5. The van der Waals surface area contributed by atoms with Crippen LogP contribution in [0.25, 0.3) is 0 Å². The molecule has 0 bridgehead atoms. The van der Waals surface area contributed by atoms with Crippen molar-refractivity contribution < 1.29 is 33.6 Å². The molecule has 3 fully saturated rings. The van der Waals surface area contributed by atoms with Crippen LogP contribution in [0.15, 0.2) is 48.7 Å². The number of unbranched alkanes of at least 4 members (excludes halogenated alkanes) is 1. The van der Waals surface area contributed by atoms with Crippen molar-refractivity contribution in [3.05, 3.63) is 71.0 Å². The molecule has 4 aliphatic rings. The van der Waals surface area contributed by atoms with Crippen LogP contribution in [-0.4, -0.2) is 125 Å². The molecule has 8 amide bonds. The van der Waals surface area contributed by atoms with Crippen molar-refractivity contribution in [2.75, 3.05) is 61.8 Å². The Balaban J connectivity index is 0.893. The Morgan fingerprint density at radius 2 is 1.73 bits per heavy atom. The summed E-state index contributed by atoms with van der Waals surface area (Å²) in [5.41, 5.74) is 7.45. The van der Waals surface area contributed by atoms with Gasteiger partial charge < -0.3 is 36.4 Å². The summed E-state index contributed by atoms with van der Waals surface area (Å²) in [6.45, 7) is 3.54. The number of piperidine rings is 2. The molecule has 3 saturated heterocycles. The number of nitrogens with zero attached hydrogens (tertiary/aromatic N) is 6. The summed E-state index contributed by atoms with van der Waals surface area (Å²) in [5.74, 6) is -2.52. The number of likely N-dealkylation sites (N-methyl/N-ethyl adjacent to an activating group) is 1.